The van der Waals surface area contributed by atoms with Crippen molar-refractivity contribution >= 4 is 5.97 Å². The maximum atomic E-state index is 11.5. The molecule has 0 bridgehead atoms. The van der Waals surface area contributed by atoms with Crippen molar-refractivity contribution in [2.45, 2.75) is 20.6 Å². The van der Waals surface area contributed by atoms with Crippen LogP contribution in [0.4, 0.5) is 0 Å². The number of hydrogen-bond donors (Lipinski definition) is 1. The van der Waals surface area contributed by atoms with Crippen LogP contribution < -0.4 is 11.2 Å². The lowest BCUT2D eigenvalue weighted by Gasteiger charge is -2.06. The van der Waals surface area contributed by atoms with E-state index in [0.29, 0.717) is 5.56 Å². The molecular formula is C10H14N2O5. The van der Waals surface area contributed by atoms with E-state index in [9.17, 15) is 14.4 Å². The number of carbonyl (C=O) groups excluding carboxylic acids is 1. The lowest BCUT2D eigenvalue weighted by molar-refractivity contribution is -0.142. The van der Waals surface area contributed by atoms with Crippen molar-refractivity contribution in [3.8, 4) is 0 Å². The lowest BCUT2D eigenvalue weighted by atomic mass is 10.4. The maximum Gasteiger partial charge on any atom is 0.330 e. The Labute approximate surface area is 97.0 Å². The third-order valence-corrected chi connectivity index (χ3v) is 1.99. The lowest BCUT2D eigenvalue weighted by Crippen LogP contribution is -2.36. The highest BCUT2D eigenvalue weighted by molar-refractivity contribution is 5.65. The van der Waals surface area contributed by atoms with E-state index in [1.54, 1.807) is 6.92 Å². The number of nitrogens with one attached hydrogen (secondary N) is 1. The van der Waals surface area contributed by atoms with Gasteiger partial charge in [-0.3, -0.25) is 9.59 Å². The summed E-state index contributed by atoms with van der Waals surface area (Å²) in [7, 11) is 0. The molecule has 0 aliphatic carbocycles. The van der Waals surface area contributed by atoms with Gasteiger partial charge in [-0.1, -0.05) is 0 Å². The van der Waals surface area contributed by atoms with Crippen LogP contribution in [-0.2, 0) is 21.0 Å². The van der Waals surface area contributed by atoms with Crippen molar-refractivity contribution in [3.63, 3.8) is 0 Å². The van der Waals surface area contributed by atoms with E-state index in [1.807, 2.05) is 0 Å². The Morgan fingerprint density at radius 2 is 2.12 bits per heavy atom. The van der Waals surface area contributed by atoms with Crippen LogP contribution in [0.25, 0.3) is 0 Å². The highest BCUT2D eigenvalue weighted by Crippen LogP contribution is 1.84. The van der Waals surface area contributed by atoms with Gasteiger partial charge in [-0.25, -0.2) is 9.36 Å². The summed E-state index contributed by atoms with van der Waals surface area (Å²) in [6.45, 7) is 2.92. The molecule has 94 valence electrons. The number of carbonyl (C=O) groups is 1. The summed E-state index contributed by atoms with van der Waals surface area (Å²) >= 11 is 0. The van der Waals surface area contributed by atoms with Gasteiger partial charge < -0.3 is 14.5 Å². The number of aromatic amines is 1. The van der Waals surface area contributed by atoms with E-state index in [-0.39, 0.29) is 19.9 Å². The fraction of sp³-hybridized carbons (Fsp3) is 0.500. The van der Waals surface area contributed by atoms with E-state index in [0.717, 1.165) is 4.57 Å². The fourth-order valence-corrected chi connectivity index (χ4v) is 1.13. The summed E-state index contributed by atoms with van der Waals surface area (Å²) in [5, 5.41) is 0. The van der Waals surface area contributed by atoms with Gasteiger partial charge in [0.2, 0.25) is 0 Å². The Hall–Kier alpha value is -1.89. The molecule has 0 saturated carbocycles. The molecule has 1 N–H and O–H groups in total. The smallest absolute Gasteiger partial charge is 0.330 e. The predicted molar refractivity (Wildman–Crippen MR) is 58.6 cm³/mol. The SMILES string of the molecule is CC(=O)OCCOCn1c(=O)[nH]cc(C)c1=O. The Morgan fingerprint density at radius 3 is 2.76 bits per heavy atom. The van der Waals surface area contributed by atoms with E-state index >= 15 is 0 Å². The molecule has 0 aromatic carbocycles. The second-order valence-electron chi connectivity index (χ2n) is 3.39. The van der Waals surface area contributed by atoms with Crippen LogP contribution in [0, 0.1) is 6.92 Å². The molecule has 0 unspecified atom stereocenters. The molecule has 17 heavy (non-hydrogen) atoms. The van der Waals surface area contributed by atoms with Crippen molar-refractivity contribution in [1.82, 2.24) is 9.55 Å². The minimum absolute atomic E-state index is 0.0911. The third kappa shape index (κ3) is 3.87. The van der Waals surface area contributed by atoms with Gasteiger partial charge in [0, 0.05) is 18.7 Å². The van der Waals surface area contributed by atoms with Crippen molar-refractivity contribution in [2.24, 2.45) is 0 Å². The van der Waals surface area contributed by atoms with Crippen LogP contribution in [0.15, 0.2) is 15.8 Å². The number of hydrogen-bond acceptors (Lipinski definition) is 5. The van der Waals surface area contributed by atoms with Crippen molar-refractivity contribution in [2.75, 3.05) is 13.2 Å². The number of aromatic nitrogens is 2. The van der Waals surface area contributed by atoms with Crippen LogP contribution >= 0.6 is 0 Å². The Balaban J connectivity index is 2.53. The number of rotatable bonds is 5. The normalized spacial score (nSPS) is 10.2. The van der Waals surface area contributed by atoms with Crippen LogP contribution in [0.2, 0.25) is 0 Å². The van der Waals surface area contributed by atoms with Crippen molar-refractivity contribution in [3.05, 3.63) is 32.6 Å². The van der Waals surface area contributed by atoms with Gasteiger partial charge in [-0.05, 0) is 6.92 Å². The summed E-state index contributed by atoms with van der Waals surface area (Å²) in [6, 6.07) is 0. The van der Waals surface area contributed by atoms with Crippen LogP contribution in [-0.4, -0.2) is 28.7 Å². The largest absolute Gasteiger partial charge is 0.463 e. The third-order valence-electron chi connectivity index (χ3n) is 1.99. The number of esters is 1. The first-order valence-corrected chi connectivity index (χ1v) is 5.02. The molecule has 0 amide bonds. The molecular weight excluding hydrogens is 228 g/mol. The standard InChI is InChI=1S/C10H14N2O5/c1-7-5-11-10(15)12(9(7)14)6-16-3-4-17-8(2)13/h5H,3-4,6H2,1-2H3,(H,11,15). The molecule has 1 aromatic heterocycles. The Bertz CT molecular complexity index is 502. The number of aryl methyl sites for hydroxylation is 1. The van der Waals surface area contributed by atoms with Gasteiger partial charge in [-0.2, -0.15) is 0 Å². The van der Waals surface area contributed by atoms with Crippen molar-refractivity contribution in [1.29, 1.82) is 0 Å². The summed E-state index contributed by atoms with van der Waals surface area (Å²) in [5.41, 5.74) is -0.512. The summed E-state index contributed by atoms with van der Waals surface area (Å²) in [6.07, 6.45) is 1.35. The van der Waals surface area contributed by atoms with Gasteiger partial charge >= 0.3 is 11.7 Å². The second kappa shape index (κ2) is 6.00. The van der Waals surface area contributed by atoms with E-state index in [4.69, 9.17) is 4.74 Å². The fourth-order valence-electron chi connectivity index (χ4n) is 1.13. The van der Waals surface area contributed by atoms with Gasteiger partial charge in [-0.15, -0.1) is 0 Å². The van der Waals surface area contributed by atoms with Gasteiger partial charge in [0.05, 0.1) is 6.61 Å². The molecule has 0 radical (unpaired) electrons. The zero-order valence-corrected chi connectivity index (χ0v) is 9.69. The molecule has 7 nitrogen and oxygen atoms in total. The minimum Gasteiger partial charge on any atom is -0.463 e. The molecule has 7 heteroatoms. The van der Waals surface area contributed by atoms with Crippen LogP contribution in [0.1, 0.15) is 12.5 Å². The molecule has 0 fully saturated rings. The molecule has 1 rings (SSSR count). The highest BCUT2D eigenvalue weighted by Gasteiger charge is 2.03. The number of ether oxygens (including phenoxy) is 2. The zero-order valence-electron chi connectivity index (χ0n) is 9.69. The topological polar surface area (TPSA) is 90.4 Å². The zero-order chi connectivity index (χ0) is 12.8. The average Bonchev–Trinajstić information content (AvgIpc) is 2.27. The highest BCUT2D eigenvalue weighted by atomic mass is 16.6. The molecule has 0 aliphatic rings. The van der Waals surface area contributed by atoms with Gasteiger partial charge in [0.25, 0.3) is 5.56 Å². The summed E-state index contributed by atoms with van der Waals surface area (Å²) in [5.74, 6) is -0.404. The first-order chi connectivity index (χ1) is 8.02. The van der Waals surface area contributed by atoms with E-state index < -0.39 is 17.2 Å². The molecule has 0 atom stereocenters. The summed E-state index contributed by atoms with van der Waals surface area (Å²) in [4.78, 5) is 35.7. The molecule has 1 aromatic rings. The minimum atomic E-state index is -0.534. The Kier molecular flexibility index (Phi) is 4.65. The van der Waals surface area contributed by atoms with Gasteiger partial charge in [0.1, 0.15) is 13.3 Å². The molecule has 0 saturated heterocycles. The van der Waals surface area contributed by atoms with E-state index in [1.165, 1.54) is 13.1 Å². The summed E-state index contributed by atoms with van der Waals surface area (Å²) < 4.78 is 10.6. The molecule has 0 aliphatic heterocycles. The quantitative estimate of drug-likeness (QED) is 0.549. The number of nitrogens with zero attached hydrogens (tertiary/aromatic N) is 1. The Morgan fingerprint density at radius 1 is 1.41 bits per heavy atom. The molecule has 0 spiro atoms. The second-order valence-corrected chi connectivity index (χ2v) is 3.39. The maximum absolute atomic E-state index is 11.5. The van der Waals surface area contributed by atoms with Crippen LogP contribution in [0.5, 0.6) is 0 Å². The van der Waals surface area contributed by atoms with Gasteiger partial charge in [0.15, 0.2) is 0 Å². The van der Waals surface area contributed by atoms with Crippen LogP contribution in [0.3, 0.4) is 0 Å². The predicted octanol–water partition coefficient (Wildman–Crippen LogP) is -0.618. The monoisotopic (exact) mass is 242 g/mol. The first kappa shape index (κ1) is 13.2. The average molecular weight is 242 g/mol. The van der Waals surface area contributed by atoms with Crippen molar-refractivity contribution < 1.29 is 14.3 Å². The molecule has 1 heterocycles. The first-order valence-electron chi connectivity index (χ1n) is 5.02. The van der Waals surface area contributed by atoms with E-state index in [2.05, 4.69) is 9.72 Å². The number of H-pyrrole nitrogens is 1.